The number of aromatic nitrogens is 2. The maximum Gasteiger partial charge on any atom is 0.262 e. The molecular weight excluding hydrogens is 298 g/mol. The van der Waals surface area contributed by atoms with Crippen molar-refractivity contribution in [2.45, 2.75) is 6.54 Å². The molecule has 0 unspecified atom stereocenters. The van der Waals surface area contributed by atoms with Crippen molar-refractivity contribution in [3.63, 3.8) is 0 Å². The van der Waals surface area contributed by atoms with Crippen LogP contribution >= 0.6 is 12.2 Å². The van der Waals surface area contributed by atoms with Crippen molar-refractivity contribution in [3.8, 4) is 5.88 Å². The standard InChI is InChI=1S/C16H13N3O2S/c1-2-7-19-15(21)12(14(20)18-16(19)22)8-10-9-17-13-6-4-3-5-11(10)13/h2-6,8-9,21H,1,7H2,(H,18,20,22)/b10-8-. The smallest absolute Gasteiger partial charge is 0.262 e. The Hall–Kier alpha value is -2.73. The molecule has 2 heterocycles. The first-order chi connectivity index (χ1) is 10.6. The lowest BCUT2D eigenvalue weighted by Gasteiger charge is -2.09. The lowest BCUT2D eigenvalue weighted by atomic mass is 10.1. The van der Waals surface area contributed by atoms with Crippen molar-refractivity contribution in [1.82, 2.24) is 9.55 Å². The minimum absolute atomic E-state index is 0.147. The molecule has 6 heteroatoms. The Labute approximate surface area is 131 Å². The van der Waals surface area contributed by atoms with Crippen LogP contribution in [0, 0.1) is 4.77 Å². The highest BCUT2D eigenvalue weighted by Gasteiger charge is 2.15. The molecule has 0 radical (unpaired) electrons. The van der Waals surface area contributed by atoms with Crippen LogP contribution < -0.4 is 5.56 Å². The Morgan fingerprint density at radius 1 is 1.41 bits per heavy atom. The number of aromatic hydroxyl groups is 1. The summed E-state index contributed by atoms with van der Waals surface area (Å²) in [6.45, 7) is 3.92. The molecule has 0 saturated carbocycles. The number of aliphatic imine (C=N–C) groups is 1. The Bertz CT molecular complexity index is 935. The molecule has 0 aliphatic carbocycles. The number of para-hydroxylation sites is 1. The van der Waals surface area contributed by atoms with Gasteiger partial charge in [0, 0.05) is 23.9 Å². The average Bonchev–Trinajstić information content (AvgIpc) is 2.91. The van der Waals surface area contributed by atoms with E-state index in [1.165, 1.54) is 4.57 Å². The molecule has 110 valence electrons. The summed E-state index contributed by atoms with van der Waals surface area (Å²) in [5, 5.41) is 10.3. The Morgan fingerprint density at radius 3 is 2.95 bits per heavy atom. The highest BCUT2D eigenvalue weighted by molar-refractivity contribution is 7.71. The van der Waals surface area contributed by atoms with E-state index in [4.69, 9.17) is 12.2 Å². The number of allylic oxidation sites excluding steroid dienone is 2. The van der Waals surface area contributed by atoms with E-state index in [1.54, 1.807) is 18.4 Å². The number of hydrogen-bond donors (Lipinski definition) is 2. The quantitative estimate of drug-likeness (QED) is 0.676. The van der Waals surface area contributed by atoms with Crippen LogP contribution in [-0.4, -0.2) is 20.9 Å². The maximum atomic E-state index is 12.1. The lowest BCUT2D eigenvalue weighted by Crippen LogP contribution is -2.16. The van der Waals surface area contributed by atoms with E-state index in [9.17, 15) is 9.90 Å². The molecule has 1 aliphatic rings. The average molecular weight is 311 g/mol. The van der Waals surface area contributed by atoms with E-state index in [0.717, 1.165) is 16.8 Å². The summed E-state index contributed by atoms with van der Waals surface area (Å²) in [4.78, 5) is 18.9. The number of rotatable bonds is 3. The largest absolute Gasteiger partial charge is 0.494 e. The van der Waals surface area contributed by atoms with E-state index in [-0.39, 0.29) is 16.2 Å². The number of nitrogens with zero attached hydrogens (tertiary/aromatic N) is 2. The molecule has 0 saturated heterocycles. The van der Waals surface area contributed by atoms with Crippen LogP contribution in [0.15, 0.2) is 46.7 Å². The molecule has 2 aromatic rings. The molecule has 0 bridgehead atoms. The second-order valence-electron chi connectivity index (χ2n) is 4.77. The van der Waals surface area contributed by atoms with Gasteiger partial charge in [-0.1, -0.05) is 24.3 Å². The monoisotopic (exact) mass is 311 g/mol. The third-order valence-electron chi connectivity index (χ3n) is 3.38. The molecule has 0 amide bonds. The fraction of sp³-hybridized carbons (Fsp3) is 0.0625. The second kappa shape index (κ2) is 5.57. The highest BCUT2D eigenvalue weighted by atomic mass is 32.1. The van der Waals surface area contributed by atoms with Gasteiger partial charge >= 0.3 is 0 Å². The molecule has 5 nitrogen and oxygen atoms in total. The van der Waals surface area contributed by atoms with E-state index < -0.39 is 5.56 Å². The van der Waals surface area contributed by atoms with Gasteiger partial charge in [0.25, 0.3) is 5.56 Å². The highest BCUT2D eigenvalue weighted by Crippen LogP contribution is 2.32. The molecule has 1 aromatic carbocycles. The van der Waals surface area contributed by atoms with Crippen molar-refractivity contribution in [2.75, 3.05) is 0 Å². The topological polar surface area (TPSA) is 70.4 Å². The van der Waals surface area contributed by atoms with Crippen LogP contribution in [-0.2, 0) is 6.54 Å². The summed E-state index contributed by atoms with van der Waals surface area (Å²) in [5.74, 6) is -0.182. The molecule has 0 atom stereocenters. The van der Waals surface area contributed by atoms with Crippen LogP contribution in [0.2, 0.25) is 0 Å². The van der Waals surface area contributed by atoms with Crippen LogP contribution in [0.1, 0.15) is 11.1 Å². The minimum Gasteiger partial charge on any atom is -0.494 e. The molecule has 2 N–H and O–H groups in total. The Kier molecular flexibility index (Phi) is 3.60. The van der Waals surface area contributed by atoms with Crippen molar-refractivity contribution < 1.29 is 5.11 Å². The zero-order valence-electron chi connectivity index (χ0n) is 11.6. The van der Waals surface area contributed by atoms with Gasteiger partial charge in [-0.3, -0.25) is 19.3 Å². The van der Waals surface area contributed by atoms with Crippen LogP contribution in [0.3, 0.4) is 0 Å². The SMILES string of the molecule is C=CCn1c(O)c(/C=C2/C=Nc3ccccc32)c(=O)[nH]c1=S. The third-order valence-corrected chi connectivity index (χ3v) is 3.70. The number of fused-ring (bicyclic) bond motifs is 1. The van der Waals surface area contributed by atoms with Crippen molar-refractivity contribution in [2.24, 2.45) is 4.99 Å². The summed E-state index contributed by atoms with van der Waals surface area (Å²) in [7, 11) is 0. The van der Waals surface area contributed by atoms with Crippen LogP contribution in [0.25, 0.3) is 11.6 Å². The van der Waals surface area contributed by atoms with Crippen LogP contribution in [0.5, 0.6) is 5.88 Å². The van der Waals surface area contributed by atoms with Gasteiger partial charge in [-0.15, -0.1) is 6.58 Å². The van der Waals surface area contributed by atoms with Gasteiger partial charge in [-0.25, -0.2) is 0 Å². The molecule has 1 aliphatic heterocycles. The van der Waals surface area contributed by atoms with Gasteiger partial charge in [-0.2, -0.15) is 0 Å². The first kappa shape index (κ1) is 14.2. The zero-order valence-corrected chi connectivity index (χ0v) is 12.4. The molecular formula is C16H13N3O2S. The van der Waals surface area contributed by atoms with Crippen LogP contribution in [0.4, 0.5) is 5.69 Å². The van der Waals surface area contributed by atoms with Gasteiger partial charge in [-0.05, 0) is 24.4 Å². The summed E-state index contributed by atoms with van der Waals surface area (Å²) >= 11 is 5.05. The fourth-order valence-corrected chi connectivity index (χ4v) is 2.57. The number of aromatic amines is 1. The van der Waals surface area contributed by atoms with Gasteiger partial charge in [0.05, 0.1) is 5.69 Å². The molecule has 22 heavy (non-hydrogen) atoms. The Balaban J connectivity index is 2.19. The number of benzene rings is 1. The third kappa shape index (κ3) is 2.33. The molecule has 1 aromatic heterocycles. The fourth-order valence-electron chi connectivity index (χ4n) is 2.31. The van der Waals surface area contributed by atoms with E-state index >= 15 is 0 Å². The van der Waals surface area contributed by atoms with Gasteiger partial charge < -0.3 is 5.11 Å². The zero-order chi connectivity index (χ0) is 15.7. The van der Waals surface area contributed by atoms with Crippen molar-refractivity contribution in [1.29, 1.82) is 0 Å². The predicted octanol–water partition coefficient (Wildman–Crippen LogP) is 3.05. The normalized spacial score (nSPS) is 14.3. The molecule has 3 rings (SSSR count). The molecule has 0 spiro atoms. The van der Waals surface area contributed by atoms with Crippen molar-refractivity contribution in [3.05, 3.63) is 63.2 Å². The van der Waals surface area contributed by atoms with Gasteiger partial charge in [0.1, 0.15) is 5.56 Å². The van der Waals surface area contributed by atoms with Gasteiger partial charge in [0.15, 0.2) is 4.77 Å². The van der Waals surface area contributed by atoms with Crippen molar-refractivity contribution >= 4 is 35.8 Å². The summed E-state index contributed by atoms with van der Waals surface area (Å²) in [5.41, 5.74) is 2.22. The first-order valence-electron chi connectivity index (χ1n) is 6.64. The second-order valence-corrected chi connectivity index (χ2v) is 5.16. The Morgan fingerprint density at radius 2 is 2.18 bits per heavy atom. The summed E-state index contributed by atoms with van der Waals surface area (Å²) < 4.78 is 1.57. The summed E-state index contributed by atoms with van der Waals surface area (Å²) in [6.07, 6.45) is 4.87. The van der Waals surface area contributed by atoms with E-state index in [2.05, 4.69) is 16.6 Å². The number of nitrogens with one attached hydrogen (secondary N) is 1. The molecule has 0 fully saturated rings. The number of H-pyrrole nitrogens is 1. The number of hydrogen-bond acceptors (Lipinski definition) is 4. The first-order valence-corrected chi connectivity index (χ1v) is 7.05. The predicted molar refractivity (Wildman–Crippen MR) is 90.2 cm³/mol. The maximum absolute atomic E-state index is 12.1. The van der Waals surface area contributed by atoms with E-state index in [1.807, 2.05) is 24.3 Å². The summed E-state index contributed by atoms with van der Waals surface area (Å²) in [6, 6.07) is 7.60. The minimum atomic E-state index is -0.437. The van der Waals surface area contributed by atoms with Gasteiger partial charge in [0.2, 0.25) is 5.88 Å². The van der Waals surface area contributed by atoms with E-state index in [0.29, 0.717) is 6.54 Å². The lowest BCUT2D eigenvalue weighted by molar-refractivity contribution is 0.413.